The molecule has 6 nitrogen and oxygen atoms in total. The summed E-state index contributed by atoms with van der Waals surface area (Å²) in [6, 6.07) is 6.38. The second-order valence-corrected chi connectivity index (χ2v) is 7.11. The Morgan fingerprint density at radius 2 is 2.03 bits per heavy atom. The highest BCUT2D eigenvalue weighted by Crippen LogP contribution is 2.36. The van der Waals surface area contributed by atoms with Gasteiger partial charge in [0.1, 0.15) is 5.82 Å². The lowest BCUT2D eigenvalue weighted by Gasteiger charge is -2.28. The number of rotatable bonds is 4. The van der Waals surface area contributed by atoms with Gasteiger partial charge in [0.25, 0.3) is 0 Å². The molecule has 0 spiro atoms. The maximum atomic E-state index is 14.4. The van der Waals surface area contributed by atoms with Crippen LogP contribution in [-0.2, 0) is 9.59 Å². The summed E-state index contributed by atoms with van der Waals surface area (Å²) in [6.07, 6.45) is 1.14. The third kappa shape index (κ3) is 3.66. The molecule has 0 bridgehead atoms. The van der Waals surface area contributed by atoms with Crippen molar-refractivity contribution in [3.8, 4) is 0 Å². The molecular formula is C21H17F3N4O2. The third-order valence-electron chi connectivity index (χ3n) is 5.13. The minimum absolute atomic E-state index is 0.00185. The van der Waals surface area contributed by atoms with Crippen LogP contribution in [0.2, 0.25) is 0 Å². The van der Waals surface area contributed by atoms with Crippen LogP contribution < -0.4 is 10.6 Å². The number of allylic oxidation sites excluding steroid dienone is 1. The topological polar surface area (TPSA) is 86.9 Å². The van der Waals surface area contributed by atoms with Crippen molar-refractivity contribution >= 4 is 28.4 Å². The number of aromatic amines is 1. The van der Waals surface area contributed by atoms with Crippen LogP contribution in [0.4, 0.5) is 18.9 Å². The lowest BCUT2D eigenvalue weighted by atomic mass is 9.82. The number of nitrogens with zero attached hydrogens (tertiary/aromatic N) is 1. The smallest absolute Gasteiger partial charge is 0.228 e. The lowest BCUT2D eigenvalue weighted by Crippen LogP contribution is -2.32. The Bertz CT molecular complexity index is 1200. The minimum Gasteiger partial charge on any atom is -0.330 e. The Morgan fingerprint density at radius 3 is 2.83 bits per heavy atom. The number of amides is 2. The highest BCUT2D eigenvalue weighted by molar-refractivity contribution is 5.95. The molecule has 2 heterocycles. The number of benzene rings is 2. The molecule has 2 amide bonds. The summed E-state index contributed by atoms with van der Waals surface area (Å²) in [5, 5.41) is 12.2. The molecule has 3 N–H and O–H groups in total. The predicted octanol–water partition coefficient (Wildman–Crippen LogP) is 3.89. The Hall–Kier alpha value is -3.62. The summed E-state index contributed by atoms with van der Waals surface area (Å²) in [6.45, 7) is 1.59. The molecule has 1 atom stereocenters. The van der Waals surface area contributed by atoms with E-state index in [1.54, 1.807) is 6.92 Å². The molecule has 3 aromatic rings. The van der Waals surface area contributed by atoms with Gasteiger partial charge in [0.2, 0.25) is 11.8 Å². The van der Waals surface area contributed by atoms with Crippen molar-refractivity contribution in [2.45, 2.75) is 25.7 Å². The van der Waals surface area contributed by atoms with Gasteiger partial charge in [0.15, 0.2) is 11.6 Å². The first kappa shape index (κ1) is 19.7. The number of H-pyrrole nitrogens is 1. The average molecular weight is 414 g/mol. The summed E-state index contributed by atoms with van der Waals surface area (Å²) in [4.78, 5) is 24.6. The second kappa shape index (κ2) is 7.66. The van der Waals surface area contributed by atoms with Gasteiger partial charge in [-0.25, -0.2) is 13.2 Å². The molecule has 1 unspecified atom stereocenters. The van der Waals surface area contributed by atoms with E-state index in [1.165, 1.54) is 30.5 Å². The van der Waals surface area contributed by atoms with Crippen molar-refractivity contribution < 1.29 is 22.8 Å². The van der Waals surface area contributed by atoms with Crippen molar-refractivity contribution in [1.82, 2.24) is 15.5 Å². The van der Waals surface area contributed by atoms with E-state index in [9.17, 15) is 22.8 Å². The summed E-state index contributed by atoms with van der Waals surface area (Å²) >= 11 is 0. The molecule has 4 rings (SSSR count). The minimum atomic E-state index is -1.06. The quantitative estimate of drug-likeness (QED) is 0.606. The Kier molecular flexibility index (Phi) is 5.03. The van der Waals surface area contributed by atoms with Gasteiger partial charge < -0.3 is 10.6 Å². The van der Waals surface area contributed by atoms with Gasteiger partial charge in [-0.2, -0.15) is 5.10 Å². The maximum absolute atomic E-state index is 14.4. The fraction of sp³-hybridized carbons (Fsp3) is 0.190. The first-order valence-electron chi connectivity index (χ1n) is 9.19. The number of nitrogens with one attached hydrogen (secondary N) is 3. The normalized spacial score (nSPS) is 16.7. The molecule has 30 heavy (non-hydrogen) atoms. The number of carbonyl (C=O) groups is 2. The average Bonchev–Trinajstić information content (AvgIpc) is 3.13. The molecule has 0 aliphatic carbocycles. The van der Waals surface area contributed by atoms with E-state index < -0.39 is 29.3 Å². The zero-order valence-corrected chi connectivity index (χ0v) is 15.9. The number of aromatic nitrogens is 2. The standard InChI is InChI=1S/C21H17F3N4O2/c1-10-13(14(7-19(29)26-10)12-3-2-4-15(22)21(12)24)6-20(30)27-18-5-11-9-25-28-17(11)8-16(18)23/h2-5,8-9,14H,6-7H2,1H3,(H,25,28)(H,26,29)(H,27,30). The molecular weight excluding hydrogens is 397 g/mol. The molecule has 0 saturated heterocycles. The van der Waals surface area contributed by atoms with E-state index in [0.717, 1.165) is 6.07 Å². The molecule has 9 heteroatoms. The SMILES string of the molecule is CC1=C(CC(=O)Nc2cc3cn[nH]c3cc2F)C(c2cccc(F)c2F)CC(=O)N1. The highest BCUT2D eigenvalue weighted by atomic mass is 19.2. The number of carbonyl (C=O) groups excluding carboxylic acids is 2. The van der Waals surface area contributed by atoms with Crippen molar-refractivity contribution in [3.63, 3.8) is 0 Å². The van der Waals surface area contributed by atoms with Crippen LogP contribution in [0.5, 0.6) is 0 Å². The van der Waals surface area contributed by atoms with Crippen LogP contribution in [0.15, 0.2) is 47.8 Å². The molecule has 0 radical (unpaired) electrons. The van der Waals surface area contributed by atoms with Crippen molar-refractivity contribution in [2.75, 3.05) is 5.32 Å². The Morgan fingerprint density at radius 1 is 1.23 bits per heavy atom. The summed E-state index contributed by atoms with van der Waals surface area (Å²) < 4.78 is 42.4. The van der Waals surface area contributed by atoms with Gasteiger partial charge in [0.05, 0.1) is 23.8 Å². The Balaban J connectivity index is 1.62. The van der Waals surface area contributed by atoms with Gasteiger partial charge in [-0.3, -0.25) is 14.7 Å². The zero-order valence-electron chi connectivity index (χ0n) is 15.9. The Labute approximate surface area is 169 Å². The lowest BCUT2D eigenvalue weighted by molar-refractivity contribution is -0.121. The van der Waals surface area contributed by atoms with Crippen LogP contribution in [0, 0.1) is 17.5 Å². The summed E-state index contributed by atoms with van der Waals surface area (Å²) in [7, 11) is 0. The first-order valence-corrected chi connectivity index (χ1v) is 9.19. The largest absolute Gasteiger partial charge is 0.330 e. The number of anilines is 1. The number of hydrogen-bond donors (Lipinski definition) is 3. The van der Waals surface area contributed by atoms with Crippen molar-refractivity contribution in [3.05, 3.63) is 70.8 Å². The van der Waals surface area contributed by atoms with Gasteiger partial charge >= 0.3 is 0 Å². The van der Waals surface area contributed by atoms with Crippen molar-refractivity contribution in [2.24, 2.45) is 0 Å². The first-order chi connectivity index (χ1) is 14.3. The number of fused-ring (bicyclic) bond motifs is 1. The monoisotopic (exact) mass is 414 g/mol. The highest BCUT2D eigenvalue weighted by Gasteiger charge is 2.31. The van der Waals surface area contributed by atoms with Crippen molar-refractivity contribution in [1.29, 1.82) is 0 Å². The predicted molar refractivity (Wildman–Crippen MR) is 104 cm³/mol. The summed E-state index contributed by atoms with van der Waals surface area (Å²) in [5.74, 6) is -4.45. The van der Waals surface area contributed by atoms with Crippen LogP contribution in [-0.4, -0.2) is 22.0 Å². The fourth-order valence-corrected chi connectivity index (χ4v) is 3.68. The van der Waals surface area contributed by atoms with Crippen LogP contribution in [0.1, 0.15) is 31.2 Å². The van der Waals surface area contributed by atoms with Gasteiger partial charge in [-0.1, -0.05) is 12.1 Å². The maximum Gasteiger partial charge on any atom is 0.228 e. The van der Waals surface area contributed by atoms with Crippen LogP contribution >= 0.6 is 0 Å². The fourth-order valence-electron chi connectivity index (χ4n) is 3.68. The van der Waals surface area contributed by atoms with Gasteiger partial charge in [0, 0.05) is 29.5 Å². The van der Waals surface area contributed by atoms with E-state index in [-0.39, 0.29) is 30.0 Å². The molecule has 1 aliphatic rings. The van der Waals surface area contributed by atoms with E-state index >= 15 is 0 Å². The van der Waals surface area contributed by atoms with Crippen LogP contribution in [0.3, 0.4) is 0 Å². The number of hydrogen-bond acceptors (Lipinski definition) is 3. The van der Waals surface area contributed by atoms with Crippen LogP contribution in [0.25, 0.3) is 10.9 Å². The third-order valence-corrected chi connectivity index (χ3v) is 5.13. The zero-order chi connectivity index (χ0) is 21.4. The van der Waals surface area contributed by atoms with E-state index in [4.69, 9.17) is 0 Å². The molecule has 0 saturated carbocycles. The summed E-state index contributed by atoms with van der Waals surface area (Å²) in [5.41, 5.74) is 1.28. The molecule has 1 aromatic heterocycles. The number of halogens is 3. The molecule has 2 aromatic carbocycles. The second-order valence-electron chi connectivity index (χ2n) is 7.11. The molecule has 0 fully saturated rings. The van der Waals surface area contributed by atoms with Gasteiger partial charge in [-0.15, -0.1) is 0 Å². The van der Waals surface area contributed by atoms with Gasteiger partial charge in [-0.05, 0) is 30.2 Å². The molecule has 1 aliphatic heterocycles. The molecule has 154 valence electrons. The van der Waals surface area contributed by atoms with E-state index in [1.807, 2.05) is 0 Å². The van der Waals surface area contributed by atoms with E-state index in [0.29, 0.717) is 22.2 Å². The van der Waals surface area contributed by atoms with E-state index in [2.05, 4.69) is 20.8 Å².